The maximum atomic E-state index is 13.2. The highest BCUT2D eigenvalue weighted by molar-refractivity contribution is 5.89. The zero-order chi connectivity index (χ0) is 14.7. The van der Waals surface area contributed by atoms with Crippen LogP contribution in [0.5, 0.6) is 0 Å². The van der Waals surface area contributed by atoms with Crippen LogP contribution in [0.2, 0.25) is 0 Å². The van der Waals surface area contributed by atoms with Crippen molar-refractivity contribution in [2.45, 2.75) is 18.9 Å². The van der Waals surface area contributed by atoms with Crippen LogP contribution in [0.3, 0.4) is 0 Å². The smallest absolute Gasteiger partial charge is 0.317 e. The van der Waals surface area contributed by atoms with E-state index in [4.69, 9.17) is 0 Å². The van der Waals surface area contributed by atoms with Crippen molar-refractivity contribution in [1.29, 1.82) is 0 Å². The molecular weight excluding hydrogens is 269 g/mol. The largest absolute Gasteiger partial charge is 0.322 e. The van der Waals surface area contributed by atoms with Gasteiger partial charge in [-0.05, 0) is 48.7 Å². The molecular formula is C16H16FN3O. The first-order valence-corrected chi connectivity index (χ1v) is 6.97. The average molecular weight is 285 g/mol. The molecule has 3 rings (SSSR count). The van der Waals surface area contributed by atoms with Gasteiger partial charge < -0.3 is 10.2 Å². The first kappa shape index (κ1) is 13.5. The third-order valence-corrected chi connectivity index (χ3v) is 3.68. The number of carbonyl (C=O) groups excluding carboxylic acids is 1. The topological polar surface area (TPSA) is 45.2 Å². The second-order valence-corrected chi connectivity index (χ2v) is 5.07. The van der Waals surface area contributed by atoms with Gasteiger partial charge in [0.1, 0.15) is 5.82 Å². The molecule has 1 aromatic carbocycles. The number of halogens is 1. The van der Waals surface area contributed by atoms with E-state index >= 15 is 0 Å². The van der Waals surface area contributed by atoms with Crippen molar-refractivity contribution in [1.82, 2.24) is 9.88 Å². The highest BCUT2D eigenvalue weighted by Crippen LogP contribution is 2.31. The molecule has 2 amide bonds. The number of nitrogens with one attached hydrogen (secondary N) is 1. The number of carbonyl (C=O) groups is 1. The maximum Gasteiger partial charge on any atom is 0.322 e. The number of amides is 2. The van der Waals surface area contributed by atoms with E-state index in [-0.39, 0.29) is 17.9 Å². The first-order chi connectivity index (χ1) is 10.2. The third kappa shape index (κ3) is 3.02. The van der Waals surface area contributed by atoms with Crippen LogP contribution in [-0.2, 0) is 0 Å². The highest BCUT2D eigenvalue weighted by atomic mass is 19.1. The third-order valence-electron chi connectivity index (χ3n) is 3.68. The molecule has 0 saturated carbocycles. The number of nitrogens with zero attached hydrogens (tertiary/aromatic N) is 2. The summed E-state index contributed by atoms with van der Waals surface area (Å²) in [5.74, 6) is -0.361. The van der Waals surface area contributed by atoms with Gasteiger partial charge >= 0.3 is 6.03 Å². The molecule has 0 aliphatic carbocycles. The summed E-state index contributed by atoms with van der Waals surface area (Å²) in [4.78, 5) is 18.2. The standard InChI is InChI=1S/C16H16FN3O/c17-13-3-1-4-14(11-13)19-16(21)20-10-2-5-15(20)12-6-8-18-9-7-12/h1,3-4,6-9,11,15H,2,5,10H2,(H,19,21). The number of anilines is 1. The van der Waals surface area contributed by atoms with Crippen molar-refractivity contribution >= 4 is 11.7 Å². The molecule has 4 nitrogen and oxygen atoms in total. The Bertz CT molecular complexity index is 632. The molecule has 108 valence electrons. The fraction of sp³-hybridized carbons (Fsp3) is 0.250. The lowest BCUT2D eigenvalue weighted by Gasteiger charge is -2.25. The summed E-state index contributed by atoms with van der Waals surface area (Å²) >= 11 is 0. The summed E-state index contributed by atoms with van der Waals surface area (Å²) in [5.41, 5.74) is 1.55. The van der Waals surface area contributed by atoms with Gasteiger partial charge in [0, 0.05) is 24.6 Å². The summed E-state index contributed by atoms with van der Waals surface area (Å²) < 4.78 is 13.2. The Balaban J connectivity index is 1.74. The van der Waals surface area contributed by atoms with E-state index in [0.717, 1.165) is 18.4 Å². The Morgan fingerprint density at radius 1 is 1.29 bits per heavy atom. The molecule has 1 saturated heterocycles. The Morgan fingerprint density at radius 3 is 2.86 bits per heavy atom. The quantitative estimate of drug-likeness (QED) is 0.916. The Kier molecular flexibility index (Phi) is 3.81. The molecule has 1 aromatic heterocycles. The van der Waals surface area contributed by atoms with Gasteiger partial charge in [0.15, 0.2) is 0 Å². The molecule has 1 N–H and O–H groups in total. The van der Waals surface area contributed by atoms with Crippen LogP contribution in [0.4, 0.5) is 14.9 Å². The second-order valence-electron chi connectivity index (χ2n) is 5.07. The van der Waals surface area contributed by atoms with E-state index < -0.39 is 0 Å². The zero-order valence-electron chi connectivity index (χ0n) is 11.5. The first-order valence-electron chi connectivity index (χ1n) is 6.97. The van der Waals surface area contributed by atoms with Gasteiger partial charge in [0.25, 0.3) is 0 Å². The van der Waals surface area contributed by atoms with Crippen molar-refractivity contribution in [2.24, 2.45) is 0 Å². The molecule has 0 radical (unpaired) electrons. The number of hydrogen-bond acceptors (Lipinski definition) is 2. The number of urea groups is 1. The number of benzene rings is 1. The van der Waals surface area contributed by atoms with Crippen LogP contribution in [0.1, 0.15) is 24.4 Å². The lowest BCUT2D eigenvalue weighted by molar-refractivity contribution is 0.207. The minimum Gasteiger partial charge on any atom is -0.317 e. The summed E-state index contributed by atoms with van der Waals surface area (Å²) in [6.45, 7) is 0.703. The van der Waals surface area contributed by atoms with Gasteiger partial charge in [-0.3, -0.25) is 4.98 Å². The van der Waals surface area contributed by atoms with Crippen molar-refractivity contribution in [2.75, 3.05) is 11.9 Å². The van der Waals surface area contributed by atoms with E-state index in [0.29, 0.717) is 12.2 Å². The lowest BCUT2D eigenvalue weighted by Crippen LogP contribution is -2.34. The van der Waals surface area contributed by atoms with Gasteiger partial charge in [-0.25, -0.2) is 9.18 Å². The zero-order valence-corrected chi connectivity index (χ0v) is 11.5. The molecule has 5 heteroatoms. The summed E-state index contributed by atoms with van der Waals surface area (Å²) in [6.07, 6.45) is 5.36. The molecule has 1 fully saturated rings. The number of likely N-dealkylation sites (tertiary alicyclic amines) is 1. The Hall–Kier alpha value is -2.43. The maximum absolute atomic E-state index is 13.2. The van der Waals surface area contributed by atoms with Crippen LogP contribution in [0.15, 0.2) is 48.8 Å². The van der Waals surface area contributed by atoms with Crippen LogP contribution in [-0.4, -0.2) is 22.5 Å². The molecule has 2 aromatic rings. The number of pyridine rings is 1. The van der Waals surface area contributed by atoms with Crippen LogP contribution < -0.4 is 5.32 Å². The Morgan fingerprint density at radius 2 is 2.10 bits per heavy atom. The van der Waals surface area contributed by atoms with E-state index in [1.807, 2.05) is 12.1 Å². The van der Waals surface area contributed by atoms with Crippen molar-refractivity contribution in [3.05, 3.63) is 60.2 Å². The predicted octanol–water partition coefficient (Wildman–Crippen LogP) is 3.59. The highest BCUT2D eigenvalue weighted by Gasteiger charge is 2.29. The number of rotatable bonds is 2. The van der Waals surface area contributed by atoms with Gasteiger partial charge in [0.05, 0.1) is 6.04 Å². The molecule has 1 aliphatic heterocycles. The molecule has 1 unspecified atom stereocenters. The lowest BCUT2D eigenvalue weighted by atomic mass is 10.1. The normalized spacial score (nSPS) is 17.8. The van der Waals surface area contributed by atoms with Crippen LogP contribution in [0, 0.1) is 5.82 Å². The average Bonchev–Trinajstić information content (AvgIpc) is 2.98. The summed E-state index contributed by atoms with van der Waals surface area (Å²) in [6, 6.07) is 9.65. The molecule has 1 aliphatic rings. The van der Waals surface area contributed by atoms with E-state index in [1.165, 1.54) is 12.1 Å². The van der Waals surface area contributed by atoms with Gasteiger partial charge in [-0.2, -0.15) is 0 Å². The van der Waals surface area contributed by atoms with E-state index in [1.54, 1.807) is 29.4 Å². The Labute approximate surface area is 122 Å². The second kappa shape index (κ2) is 5.91. The monoisotopic (exact) mass is 285 g/mol. The summed E-state index contributed by atoms with van der Waals surface area (Å²) in [7, 11) is 0. The summed E-state index contributed by atoms with van der Waals surface area (Å²) in [5, 5.41) is 2.76. The van der Waals surface area contributed by atoms with Crippen molar-refractivity contribution < 1.29 is 9.18 Å². The molecule has 0 spiro atoms. The molecule has 2 heterocycles. The number of hydrogen-bond donors (Lipinski definition) is 1. The van der Waals surface area contributed by atoms with E-state index in [9.17, 15) is 9.18 Å². The molecule has 0 bridgehead atoms. The van der Waals surface area contributed by atoms with Crippen molar-refractivity contribution in [3.8, 4) is 0 Å². The molecule has 21 heavy (non-hydrogen) atoms. The minimum absolute atomic E-state index is 0.0570. The predicted molar refractivity (Wildman–Crippen MR) is 78.3 cm³/mol. The number of aromatic nitrogens is 1. The van der Waals surface area contributed by atoms with Gasteiger partial charge in [-0.1, -0.05) is 6.07 Å². The SMILES string of the molecule is O=C(Nc1cccc(F)c1)N1CCCC1c1ccncc1. The van der Waals surface area contributed by atoms with E-state index in [2.05, 4.69) is 10.3 Å². The van der Waals surface area contributed by atoms with Gasteiger partial charge in [-0.15, -0.1) is 0 Å². The van der Waals surface area contributed by atoms with Crippen molar-refractivity contribution in [3.63, 3.8) is 0 Å². The fourth-order valence-corrected chi connectivity index (χ4v) is 2.70. The molecule has 1 atom stereocenters. The minimum atomic E-state index is -0.361. The van der Waals surface area contributed by atoms with Crippen LogP contribution >= 0.6 is 0 Å². The fourth-order valence-electron chi connectivity index (χ4n) is 2.70. The van der Waals surface area contributed by atoms with Gasteiger partial charge in [0.2, 0.25) is 0 Å². The van der Waals surface area contributed by atoms with Crippen LogP contribution in [0.25, 0.3) is 0 Å².